The Balaban J connectivity index is 2.57. The van der Waals surface area contributed by atoms with Crippen molar-refractivity contribution in [2.75, 3.05) is 47.5 Å². The quantitative estimate of drug-likeness (QED) is 0.0183. The predicted octanol–water partition coefficient (Wildman–Crippen LogP) is 8.27. The van der Waals surface area contributed by atoms with Gasteiger partial charge in [0, 0.05) is 25.2 Å². The highest BCUT2D eigenvalue weighted by atomic mass is 31.2. The van der Waals surface area contributed by atoms with E-state index in [9.17, 15) is 34.4 Å². The maximum atomic E-state index is 12.7. The van der Waals surface area contributed by atoms with Crippen LogP contribution in [0.15, 0.2) is 85.1 Å². The predicted molar refractivity (Wildman–Crippen MR) is 243 cm³/mol. The number of carbonyl (C=O) groups is 2. The summed E-state index contributed by atoms with van der Waals surface area (Å²) in [5.41, 5.74) is 0. The number of carbonyl (C=O) groups excluding carboxylic acids is 2. The minimum Gasteiger partial charge on any atom is -0.756 e. The van der Waals surface area contributed by atoms with Gasteiger partial charge in [0.05, 0.1) is 46.1 Å². The van der Waals surface area contributed by atoms with Crippen molar-refractivity contribution in [1.82, 2.24) is 0 Å². The van der Waals surface area contributed by atoms with Crippen molar-refractivity contribution in [3.05, 3.63) is 85.1 Å². The number of aliphatic hydroxyl groups excluding tert-OH is 3. The molecule has 13 nitrogen and oxygen atoms in total. The maximum Gasteiger partial charge on any atom is 0.306 e. The minimum absolute atomic E-state index is 0.0654. The van der Waals surface area contributed by atoms with Crippen LogP contribution in [0.25, 0.3) is 0 Å². The molecule has 1 aliphatic heterocycles. The molecular formula is C48H80NO12P. The van der Waals surface area contributed by atoms with Crippen LogP contribution in [0.1, 0.15) is 123 Å². The molecule has 1 aliphatic rings. The van der Waals surface area contributed by atoms with Crippen molar-refractivity contribution in [3.8, 4) is 0 Å². The standard InChI is InChI=1S/C48H80NO12P/c1-6-8-10-11-12-13-14-15-16-17-18-19-20-21-22-23-29-33-47(53)60-42(40-59-62(55,56)58-37-36-49(3,4)5)39-57-46(52)32-28-25-24-27-31-43-44(51)38-48(54)61-45(43)35-34-41(50)30-26-9-7-2/h8,10,12-13,15-16,18-19,21-22,24,27,34-35,41-45,48,50-51,54H,6-7,9,11,14,17,20,23,25-26,28-33,36-40H2,1-5H3/b10-8-,13-12-,16-15-,19-18-,22-21-,27-24-,35-34+/t41-,42+,43-,44-,45+,48?/m0/s1. The number of quaternary nitrogens is 1. The number of phosphoric acid groups is 1. The molecule has 354 valence electrons. The first kappa shape index (κ1) is 57.0. The smallest absolute Gasteiger partial charge is 0.306 e. The number of ether oxygens (including phenoxy) is 3. The van der Waals surface area contributed by atoms with E-state index in [0.29, 0.717) is 49.6 Å². The van der Waals surface area contributed by atoms with Crippen LogP contribution in [0.5, 0.6) is 0 Å². The summed E-state index contributed by atoms with van der Waals surface area (Å²) in [7, 11) is 0.964. The van der Waals surface area contributed by atoms with Gasteiger partial charge in [-0.25, -0.2) is 0 Å². The molecule has 3 N–H and O–H groups in total. The lowest BCUT2D eigenvalue weighted by atomic mass is 9.87. The number of nitrogens with zero attached hydrogens (tertiary/aromatic N) is 1. The number of unbranched alkanes of at least 4 members (excludes halogenated alkanes) is 4. The average Bonchev–Trinajstić information content (AvgIpc) is 3.20. The van der Waals surface area contributed by atoms with Crippen LogP contribution in [0.3, 0.4) is 0 Å². The van der Waals surface area contributed by atoms with Crippen LogP contribution >= 0.6 is 7.82 Å². The normalized spacial score (nSPS) is 21.0. The molecule has 62 heavy (non-hydrogen) atoms. The number of likely N-dealkylation sites (N-methyl/N-ethyl adjacent to an activating group) is 1. The van der Waals surface area contributed by atoms with Gasteiger partial charge in [0.15, 0.2) is 12.4 Å². The van der Waals surface area contributed by atoms with Gasteiger partial charge >= 0.3 is 11.9 Å². The molecule has 0 aromatic heterocycles. The molecule has 1 rings (SSSR count). The molecule has 0 aromatic rings. The Hall–Kier alpha value is -2.97. The second-order valence-corrected chi connectivity index (χ2v) is 18.0. The summed E-state index contributed by atoms with van der Waals surface area (Å²) in [5, 5.41) is 31.0. The fourth-order valence-corrected chi connectivity index (χ4v) is 6.81. The number of hydrogen-bond donors (Lipinski definition) is 3. The zero-order valence-electron chi connectivity index (χ0n) is 38.3. The van der Waals surface area contributed by atoms with Gasteiger partial charge in [-0.15, -0.1) is 0 Å². The third kappa shape index (κ3) is 32.7. The van der Waals surface area contributed by atoms with E-state index in [1.54, 1.807) is 12.2 Å². The highest BCUT2D eigenvalue weighted by molar-refractivity contribution is 7.45. The lowest BCUT2D eigenvalue weighted by molar-refractivity contribution is -0.870. The van der Waals surface area contributed by atoms with E-state index < -0.39 is 57.1 Å². The molecule has 14 heteroatoms. The number of esters is 2. The number of phosphoric ester groups is 1. The molecule has 0 aromatic carbocycles. The van der Waals surface area contributed by atoms with Gasteiger partial charge in [-0.3, -0.25) is 14.2 Å². The second-order valence-electron chi connectivity index (χ2n) is 16.6. The zero-order valence-corrected chi connectivity index (χ0v) is 39.2. The molecule has 1 fully saturated rings. The monoisotopic (exact) mass is 894 g/mol. The number of hydrogen-bond acceptors (Lipinski definition) is 12. The zero-order chi connectivity index (χ0) is 45.9. The number of allylic oxidation sites excluding steroid dienone is 12. The van der Waals surface area contributed by atoms with E-state index in [-0.39, 0.29) is 38.4 Å². The van der Waals surface area contributed by atoms with E-state index in [1.807, 2.05) is 45.4 Å². The summed E-state index contributed by atoms with van der Waals surface area (Å²) in [6.45, 7) is 3.60. The van der Waals surface area contributed by atoms with Gasteiger partial charge in [0.1, 0.15) is 19.8 Å². The fourth-order valence-electron chi connectivity index (χ4n) is 6.08. The maximum absolute atomic E-state index is 12.7. The Morgan fingerprint density at radius 1 is 0.790 bits per heavy atom. The van der Waals surface area contributed by atoms with Gasteiger partial charge in [0.2, 0.25) is 0 Å². The van der Waals surface area contributed by atoms with E-state index in [1.165, 1.54) is 0 Å². The van der Waals surface area contributed by atoms with Crippen LogP contribution in [-0.4, -0.2) is 110 Å². The molecule has 0 bridgehead atoms. The second kappa shape index (κ2) is 35.4. The largest absolute Gasteiger partial charge is 0.756 e. The summed E-state index contributed by atoms with van der Waals surface area (Å²) in [6, 6.07) is 0. The average molecular weight is 894 g/mol. The summed E-state index contributed by atoms with van der Waals surface area (Å²) in [4.78, 5) is 37.8. The fraction of sp³-hybridized carbons (Fsp3) is 0.667. The van der Waals surface area contributed by atoms with Crippen LogP contribution < -0.4 is 4.89 Å². The summed E-state index contributed by atoms with van der Waals surface area (Å²) in [5.74, 6) is -1.43. The van der Waals surface area contributed by atoms with Crippen molar-refractivity contribution in [3.63, 3.8) is 0 Å². The van der Waals surface area contributed by atoms with Crippen molar-refractivity contribution in [2.24, 2.45) is 5.92 Å². The number of aliphatic hydroxyl groups is 3. The van der Waals surface area contributed by atoms with E-state index >= 15 is 0 Å². The Kier molecular flexibility index (Phi) is 32.6. The van der Waals surface area contributed by atoms with Crippen LogP contribution in [0.2, 0.25) is 0 Å². The van der Waals surface area contributed by atoms with E-state index in [4.69, 9.17) is 23.3 Å². The molecule has 0 saturated carbocycles. The van der Waals surface area contributed by atoms with Crippen molar-refractivity contribution >= 4 is 19.8 Å². The summed E-state index contributed by atoms with van der Waals surface area (Å²) in [6.07, 6.45) is 35.3. The van der Waals surface area contributed by atoms with Gasteiger partial charge in [0.25, 0.3) is 7.82 Å². The Labute approximate surface area is 373 Å². The van der Waals surface area contributed by atoms with E-state index in [0.717, 1.165) is 51.4 Å². The highest BCUT2D eigenvalue weighted by Crippen LogP contribution is 2.38. The summed E-state index contributed by atoms with van der Waals surface area (Å²) < 4.78 is 39.4. The number of rotatable bonds is 35. The first-order chi connectivity index (χ1) is 29.7. The topological polar surface area (TPSA) is 181 Å². The van der Waals surface area contributed by atoms with Gasteiger partial charge in [-0.1, -0.05) is 118 Å². The third-order valence-electron chi connectivity index (χ3n) is 9.69. The Morgan fingerprint density at radius 2 is 1.37 bits per heavy atom. The van der Waals surface area contributed by atoms with Gasteiger partial charge < -0.3 is 48.0 Å². The first-order valence-electron chi connectivity index (χ1n) is 22.7. The minimum atomic E-state index is -4.72. The molecule has 0 amide bonds. The van der Waals surface area contributed by atoms with Crippen molar-refractivity contribution in [2.45, 2.75) is 154 Å². The van der Waals surface area contributed by atoms with Crippen LogP contribution in [-0.2, 0) is 37.4 Å². The van der Waals surface area contributed by atoms with Crippen molar-refractivity contribution < 1.29 is 62.1 Å². The lowest BCUT2D eigenvalue weighted by Gasteiger charge is -2.36. The first-order valence-corrected chi connectivity index (χ1v) is 24.1. The SMILES string of the molecule is CC/C=C\C/C=C\C/C=C\C/C=C\C/C=C\CCCC(=O)O[C@H](COC(=O)CCC/C=C\C[C@H]1[C@@H](O)CC(O)O[C@@H]1/C=C/[C@@H](O)CCCCC)COP(=O)([O-])OCC[N+](C)(C)C. The molecule has 1 saturated heterocycles. The highest BCUT2D eigenvalue weighted by Gasteiger charge is 2.35. The molecule has 0 radical (unpaired) electrons. The summed E-state index contributed by atoms with van der Waals surface area (Å²) >= 11 is 0. The van der Waals surface area contributed by atoms with Gasteiger partial charge in [-0.05, 0) is 70.6 Å². The van der Waals surface area contributed by atoms with Crippen LogP contribution in [0.4, 0.5) is 0 Å². The Morgan fingerprint density at radius 3 is 1.97 bits per heavy atom. The van der Waals surface area contributed by atoms with E-state index in [2.05, 4.69) is 62.5 Å². The lowest BCUT2D eigenvalue weighted by Crippen LogP contribution is -2.43. The Bertz CT molecular complexity index is 1450. The molecule has 7 atom stereocenters. The molecule has 0 spiro atoms. The molecule has 2 unspecified atom stereocenters. The van der Waals surface area contributed by atoms with Crippen molar-refractivity contribution in [1.29, 1.82) is 0 Å². The molecular weight excluding hydrogens is 813 g/mol. The van der Waals surface area contributed by atoms with Crippen LogP contribution in [0, 0.1) is 5.92 Å². The van der Waals surface area contributed by atoms with Gasteiger partial charge in [-0.2, -0.15) is 0 Å². The molecule has 0 aliphatic carbocycles. The third-order valence-corrected chi connectivity index (χ3v) is 10.7. The molecule has 1 heterocycles.